The smallest absolute Gasteiger partial charge is 0.239 e. The summed E-state index contributed by atoms with van der Waals surface area (Å²) in [6, 6.07) is 5.86. The Kier molecular flexibility index (Phi) is 4.47. The summed E-state index contributed by atoms with van der Waals surface area (Å²) in [7, 11) is -5.29. The lowest BCUT2D eigenvalue weighted by atomic mass is 10.2. The van der Waals surface area contributed by atoms with Crippen LogP contribution >= 0.6 is 15.9 Å². The number of alkyl halides is 1. The highest BCUT2D eigenvalue weighted by Gasteiger charge is 2.65. The van der Waals surface area contributed by atoms with Gasteiger partial charge < -0.3 is 0 Å². The van der Waals surface area contributed by atoms with Crippen molar-refractivity contribution in [3.63, 3.8) is 0 Å². The average molecular weight is 393 g/mol. The SMILES string of the molecule is O=C(O[N+]1(S(=O)(=O)O)C(=O)CCC1=O)c1ccc(CBr)cc1. The van der Waals surface area contributed by atoms with Gasteiger partial charge in [-0.05, 0) is 17.7 Å². The maximum atomic E-state index is 12.0. The summed E-state index contributed by atoms with van der Waals surface area (Å²) in [4.78, 5) is 40.1. The summed E-state index contributed by atoms with van der Waals surface area (Å²) in [6.45, 7) is 0. The third kappa shape index (κ3) is 2.70. The van der Waals surface area contributed by atoms with Gasteiger partial charge in [-0.1, -0.05) is 28.1 Å². The molecule has 1 N–H and O–H groups in total. The van der Waals surface area contributed by atoms with Crippen molar-refractivity contribution in [3.05, 3.63) is 35.4 Å². The van der Waals surface area contributed by atoms with Crippen LogP contribution in [0, 0.1) is 0 Å². The Morgan fingerprint density at radius 3 is 2.09 bits per heavy atom. The largest absolute Gasteiger partial charge is 0.488 e. The van der Waals surface area contributed by atoms with Crippen LogP contribution in [0.25, 0.3) is 0 Å². The number of hydrogen-bond acceptors (Lipinski definition) is 6. The minimum atomic E-state index is -5.29. The third-order valence-corrected chi connectivity index (χ3v) is 4.87. The highest BCUT2D eigenvalue weighted by Crippen LogP contribution is 2.29. The Balaban J connectivity index is 2.38. The van der Waals surface area contributed by atoms with E-state index in [2.05, 4.69) is 20.8 Å². The van der Waals surface area contributed by atoms with Crippen LogP contribution in [0.1, 0.15) is 28.8 Å². The highest BCUT2D eigenvalue weighted by molar-refractivity contribution is 9.08. The Morgan fingerprint density at radius 2 is 1.68 bits per heavy atom. The molecule has 22 heavy (non-hydrogen) atoms. The zero-order chi connectivity index (χ0) is 16.5. The molecule has 1 fully saturated rings. The highest BCUT2D eigenvalue weighted by atomic mass is 79.9. The number of carbonyl (C=O) groups is 3. The second kappa shape index (κ2) is 5.88. The van der Waals surface area contributed by atoms with Crippen LogP contribution in [0.3, 0.4) is 0 Å². The lowest BCUT2D eigenvalue weighted by Gasteiger charge is -2.20. The fourth-order valence-electron chi connectivity index (χ4n) is 1.95. The van der Waals surface area contributed by atoms with Gasteiger partial charge in [0.25, 0.3) is 0 Å². The Morgan fingerprint density at radius 1 is 1.18 bits per heavy atom. The van der Waals surface area contributed by atoms with E-state index < -0.39 is 45.0 Å². The average Bonchev–Trinajstić information content (AvgIpc) is 2.76. The second-order valence-corrected chi connectivity index (χ2v) is 6.47. The summed E-state index contributed by atoms with van der Waals surface area (Å²) in [5, 5.41) is 0.546. The maximum absolute atomic E-state index is 12.0. The number of carbonyl (C=O) groups excluding carboxylic acids is 3. The maximum Gasteiger partial charge on any atom is 0.488 e. The van der Waals surface area contributed by atoms with E-state index in [0.29, 0.717) is 5.33 Å². The molecule has 2 rings (SSSR count). The van der Waals surface area contributed by atoms with Gasteiger partial charge in [0.05, 0.1) is 18.4 Å². The molecule has 118 valence electrons. The van der Waals surface area contributed by atoms with Gasteiger partial charge in [-0.25, -0.2) is 23.8 Å². The Hall–Kier alpha value is -1.62. The van der Waals surface area contributed by atoms with Gasteiger partial charge in [-0.15, -0.1) is 8.42 Å². The molecule has 1 aliphatic rings. The van der Waals surface area contributed by atoms with Gasteiger partial charge >= 0.3 is 28.1 Å². The van der Waals surface area contributed by atoms with Crippen molar-refractivity contribution in [1.82, 2.24) is 0 Å². The fraction of sp³-hybridized carbons (Fsp3) is 0.250. The number of benzene rings is 1. The van der Waals surface area contributed by atoms with E-state index in [1.807, 2.05) is 0 Å². The molecule has 0 saturated carbocycles. The second-order valence-electron chi connectivity index (χ2n) is 4.50. The minimum absolute atomic E-state index is 0.0571. The molecule has 0 aliphatic carbocycles. The number of amides is 2. The third-order valence-electron chi connectivity index (χ3n) is 3.09. The molecule has 0 spiro atoms. The summed E-state index contributed by atoms with van der Waals surface area (Å²) < 4.78 is 29.8. The van der Waals surface area contributed by atoms with Crippen LogP contribution in [-0.4, -0.2) is 34.8 Å². The Labute approximate surface area is 134 Å². The molecular weight excluding hydrogens is 382 g/mol. The lowest BCUT2D eigenvalue weighted by molar-refractivity contribution is -0.852. The molecule has 1 aromatic rings. The molecule has 8 nitrogen and oxygen atoms in total. The first kappa shape index (κ1) is 16.7. The van der Waals surface area contributed by atoms with Crippen LogP contribution in [0.4, 0.5) is 0 Å². The van der Waals surface area contributed by atoms with E-state index in [0.717, 1.165) is 5.56 Å². The molecule has 1 heterocycles. The topological polar surface area (TPSA) is 115 Å². The number of imide groups is 1. The molecule has 10 heteroatoms. The first-order chi connectivity index (χ1) is 10.2. The number of halogens is 1. The zero-order valence-corrected chi connectivity index (χ0v) is 13.5. The van der Waals surface area contributed by atoms with Crippen molar-refractivity contribution in [1.29, 1.82) is 0 Å². The molecular formula is C12H11BrNO7S+. The van der Waals surface area contributed by atoms with Crippen LogP contribution in [0.15, 0.2) is 24.3 Å². The molecule has 0 atom stereocenters. The van der Waals surface area contributed by atoms with Crippen LogP contribution in [0.5, 0.6) is 0 Å². The minimum Gasteiger partial charge on any atom is -0.239 e. The van der Waals surface area contributed by atoms with E-state index in [-0.39, 0.29) is 5.56 Å². The van der Waals surface area contributed by atoms with Gasteiger partial charge in [-0.3, -0.25) is 0 Å². The first-order valence-corrected chi connectivity index (χ1v) is 8.56. The van der Waals surface area contributed by atoms with Gasteiger partial charge in [-0.2, -0.15) is 0 Å². The summed E-state index contributed by atoms with van der Waals surface area (Å²) in [6.07, 6.45) is -0.872. The van der Waals surface area contributed by atoms with Gasteiger partial charge in [0, 0.05) is 5.33 Å². The quantitative estimate of drug-likeness (QED) is 0.353. The van der Waals surface area contributed by atoms with Crippen molar-refractivity contribution >= 4 is 44.0 Å². The molecule has 2 amide bonds. The van der Waals surface area contributed by atoms with E-state index in [9.17, 15) is 27.4 Å². The standard InChI is InChI=1S/C12H10BrNO7S/c13-7-8-1-3-9(4-2-8)12(17)21-14(22(18,19)20)10(15)5-6-11(14)16/h1-4H,5-7H2/p+1. The van der Waals surface area contributed by atoms with Crippen molar-refractivity contribution in [3.8, 4) is 0 Å². The molecule has 0 unspecified atom stereocenters. The normalized spacial score (nSPS) is 17.5. The van der Waals surface area contributed by atoms with Crippen LogP contribution < -0.4 is 0 Å². The number of hydrogen-bond donors (Lipinski definition) is 1. The number of quaternary nitrogens is 1. The van der Waals surface area contributed by atoms with Gasteiger partial charge in [0.2, 0.25) is 0 Å². The number of hydroxylamine groups is 2. The van der Waals surface area contributed by atoms with Crippen LogP contribution in [-0.2, 0) is 30.1 Å². The van der Waals surface area contributed by atoms with Crippen molar-refractivity contribution in [2.45, 2.75) is 18.2 Å². The summed E-state index contributed by atoms with van der Waals surface area (Å²) in [5.74, 6) is -3.63. The molecule has 1 saturated heterocycles. The molecule has 1 aliphatic heterocycles. The van der Waals surface area contributed by atoms with Gasteiger partial charge in [0.1, 0.15) is 4.05 Å². The lowest BCUT2D eigenvalue weighted by Crippen LogP contribution is -2.57. The monoisotopic (exact) mass is 392 g/mol. The summed E-state index contributed by atoms with van der Waals surface area (Å²) in [5.41, 5.74) is 0.793. The van der Waals surface area contributed by atoms with Crippen LogP contribution in [0.2, 0.25) is 0 Å². The van der Waals surface area contributed by atoms with Gasteiger partial charge in [0.15, 0.2) is 0 Å². The summed E-state index contributed by atoms with van der Waals surface area (Å²) >= 11 is 3.22. The first-order valence-electron chi connectivity index (χ1n) is 6.04. The van der Waals surface area contributed by atoms with E-state index in [4.69, 9.17) is 0 Å². The molecule has 0 radical (unpaired) electrons. The van der Waals surface area contributed by atoms with E-state index in [1.54, 1.807) is 12.1 Å². The predicted molar refractivity (Wildman–Crippen MR) is 75.5 cm³/mol. The van der Waals surface area contributed by atoms with E-state index >= 15 is 0 Å². The fourth-order valence-corrected chi connectivity index (χ4v) is 3.19. The molecule has 0 aromatic heterocycles. The zero-order valence-electron chi connectivity index (χ0n) is 11.1. The molecule has 0 bridgehead atoms. The van der Waals surface area contributed by atoms with Crippen molar-refractivity contribution < 1.29 is 36.2 Å². The van der Waals surface area contributed by atoms with Crippen molar-refractivity contribution in [2.75, 3.05) is 0 Å². The number of rotatable bonds is 4. The van der Waals surface area contributed by atoms with Crippen molar-refractivity contribution in [2.24, 2.45) is 0 Å². The van der Waals surface area contributed by atoms with E-state index in [1.165, 1.54) is 12.1 Å². The number of nitrogens with zero attached hydrogens (tertiary/aromatic N) is 1. The molecule has 1 aromatic carbocycles. The Bertz CT molecular complexity index is 725. The predicted octanol–water partition coefficient (Wildman–Crippen LogP) is 1.12.